The molecular weight excluding hydrogens is 300 g/mol. The molecule has 1 N–H and O–H groups in total. The van der Waals surface area contributed by atoms with Crippen molar-refractivity contribution in [3.8, 4) is 0 Å². The van der Waals surface area contributed by atoms with E-state index in [0.29, 0.717) is 12.0 Å². The van der Waals surface area contributed by atoms with Crippen molar-refractivity contribution < 1.29 is 0 Å². The molecule has 1 aromatic carbocycles. The highest BCUT2D eigenvalue weighted by atomic mass is 79.9. The van der Waals surface area contributed by atoms with E-state index >= 15 is 0 Å². The van der Waals surface area contributed by atoms with Crippen molar-refractivity contribution >= 4 is 15.9 Å². The van der Waals surface area contributed by atoms with Crippen LogP contribution in [-0.2, 0) is 6.54 Å². The lowest BCUT2D eigenvalue weighted by molar-refractivity contribution is 0.220. The molecule has 1 unspecified atom stereocenters. The smallest absolute Gasteiger partial charge is 0.0234 e. The summed E-state index contributed by atoms with van der Waals surface area (Å²) in [6, 6.07) is 9.20. The molecule has 0 aromatic heterocycles. The summed E-state index contributed by atoms with van der Waals surface area (Å²) in [4.78, 5) is 2.44. The summed E-state index contributed by atoms with van der Waals surface area (Å²) in [5.74, 6) is 0.717. The minimum Gasteiger partial charge on any atom is -0.315 e. The zero-order valence-electron chi connectivity index (χ0n) is 12.6. The molecule has 0 aliphatic carbocycles. The highest BCUT2D eigenvalue weighted by Crippen LogP contribution is 2.13. The molecule has 3 heteroatoms. The van der Waals surface area contributed by atoms with E-state index in [-0.39, 0.29) is 0 Å². The van der Waals surface area contributed by atoms with Crippen LogP contribution >= 0.6 is 15.9 Å². The van der Waals surface area contributed by atoms with Crippen molar-refractivity contribution in [1.82, 2.24) is 10.2 Å². The molecule has 0 bridgehead atoms. The third kappa shape index (κ3) is 6.55. The minimum absolute atomic E-state index is 0.599. The van der Waals surface area contributed by atoms with E-state index in [1.165, 1.54) is 12.0 Å². The lowest BCUT2D eigenvalue weighted by Gasteiger charge is -2.28. The van der Waals surface area contributed by atoms with Crippen molar-refractivity contribution in [2.24, 2.45) is 5.92 Å². The van der Waals surface area contributed by atoms with E-state index < -0.39 is 0 Å². The molecule has 0 saturated carbocycles. The highest BCUT2D eigenvalue weighted by molar-refractivity contribution is 9.10. The first kappa shape index (κ1) is 16.7. The Kier molecular flexibility index (Phi) is 7.66. The molecule has 0 saturated heterocycles. The average Bonchev–Trinajstić information content (AvgIpc) is 2.37. The molecule has 0 amide bonds. The van der Waals surface area contributed by atoms with Gasteiger partial charge >= 0.3 is 0 Å². The van der Waals surface area contributed by atoms with Crippen LogP contribution in [0.4, 0.5) is 0 Å². The van der Waals surface area contributed by atoms with Crippen LogP contribution in [-0.4, -0.2) is 31.1 Å². The Morgan fingerprint density at radius 3 is 2.32 bits per heavy atom. The predicted molar refractivity (Wildman–Crippen MR) is 87.4 cm³/mol. The quantitative estimate of drug-likeness (QED) is 0.779. The van der Waals surface area contributed by atoms with Gasteiger partial charge in [0.2, 0.25) is 0 Å². The number of benzene rings is 1. The van der Waals surface area contributed by atoms with Gasteiger partial charge in [-0.25, -0.2) is 0 Å². The van der Waals surface area contributed by atoms with Crippen LogP contribution in [0.1, 0.15) is 32.8 Å². The van der Waals surface area contributed by atoms with E-state index in [9.17, 15) is 0 Å². The molecule has 0 aliphatic heterocycles. The van der Waals surface area contributed by atoms with Gasteiger partial charge in [0.15, 0.2) is 0 Å². The van der Waals surface area contributed by atoms with E-state index in [1.54, 1.807) is 0 Å². The number of hydrogen-bond acceptors (Lipinski definition) is 2. The molecule has 19 heavy (non-hydrogen) atoms. The van der Waals surface area contributed by atoms with Crippen LogP contribution in [0, 0.1) is 5.92 Å². The first-order chi connectivity index (χ1) is 9.02. The second kappa shape index (κ2) is 8.72. The second-order valence-electron chi connectivity index (χ2n) is 5.66. The molecule has 1 aromatic rings. The van der Waals surface area contributed by atoms with Gasteiger partial charge in [0.05, 0.1) is 0 Å². The Hall–Kier alpha value is -0.380. The lowest BCUT2D eigenvalue weighted by Crippen LogP contribution is -2.40. The maximum atomic E-state index is 3.56. The maximum Gasteiger partial charge on any atom is 0.0234 e. The van der Waals surface area contributed by atoms with E-state index in [2.05, 4.69) is 78.2 Å². The second-order valence-corrected chi connectivity index (χ2v) is 6.57. The highest BCUT2D eigenvalue weighted by Gasteiger charge is 2.12. The van der Waals surface area contributed by atoms with Crippen LogP contribution in [0.5, 0.6) is 0 Å². The van der Waals surface area contributed by atoms with Crippen LogP contribution in [0.3, 0.4) is 0 Å². The van der Waals surface area contributed by atoms with Crippen molar-refractivity contribution in [1.29, 1.82) is 0 Å². The van der Waals surface area contributed by atoms with Crippen LogP contribution < -0.4 is 5.32 Å². The van der Waals surface area contributed by atoms with E-state index in [1.807, 2.05) is 0 Å². The third-order valence-corrected chi connectivity index (χ3v) is 3.90. The summed E-state index contributed by atoms with van der Waals surface area (Å²) in [6.45, 7) is 9.94. The van der Waals surface area contributed by atoms with Crippen LogP contribution in [0.2, 0.25) is 0 Å². The van der Waals surface area contributed by atoms with Crippen molar-refractivity contribution in [3.63, 3.8) is 0 Å². The molecule has 0 radical (unpaired) electrons. The summed E-state index contributed by atoms with van der Waals surface area (Å²) in [5, 5.41) is 3.56. The summed E-state index contributed by atoms with van der Waals surface area (Å²) < 4.78 is 1.14. The number of halogens is 1. The predicted octanol–water partition coefficient (Wildman–Crippen LogP) is 3.91. The van der Waals surface area contributed by atoms with Gasteiger partial charge in [0.25, 0.3) is 0 Å². The Morgan fingerprint density at radius 1 is 1.16 bits per heavy atom. The fourth-order valence-electron chi connectivity index (χ4n) is 2.16. The zero-order chi connectivity index (χ0) is 14.3. The third-order valence-electron chi connectivity index (χ3n) is 3.37. The van der Waals surface area contributed by atoms with E-state index in [0.717, 1.165) is 24.1 Å². The summed E-state index contributed by atoms with van der Waals surface area (Å²) in [7, 11) is 2.22. The monoisotopic (exact) mass is 326 g/mol. The SMILES string of the molecule is CCC(CNCC(C)C)N(C)Cc1ccc(Br)cc1. The summed E-state index contributed by atoms with van der Waals surface area (Å²) >= 11 is 3.48. The minimum atomic E-state index is 0.599. The first-order valence-electron chi connectivity index (χ1n) is 7.18. The van der Waals surface area contributed by atoms with Gasteiger partial charge in [0.1, 0.15) is 0 Å². The van der Waals surface area contributed by atoms with Gasteiger partial charge in [-0.3, -0.25) is 4.90 Å². The lowest BCUT2D eigenvalue weighted by atomic mass is 10.1. The number of likely N-dealkylation sites (N-methyl/N-ethyl adjacent to an activating group) is 1. The molecule has 1 atom stereocenters. The zero-order valence-corrected chi connectivity index (χ0v) is 14.2. The number of nitrogens with zero attached hydrogens (tertiary/aromatic N) is 1. The van der Waals surface area contributed by atoms with Crippen LogP contribution in [0.15, 0.2) is 28.7 Å². The normalized spacial score (nSPS) is 13.2. The van der Waals surface area contributed by atoms with Crippen molar-refractivity contribution in [3.05, 3.63) is 34.3 Å². The molecule has 2 nitrogen and oxygen atoms in total. The Morgan fingerprint density at radius 2 is 1.79 bits per heavy atom. The Labute approximate surface area is 126 Å². The number of hydrogen-bond donors (Lipinski definition) is 1. The molecule has 1 rings (SSSR count). The van der Waals surface area contributed by atoms with Gasteiger partial charge in [-0.15, -0.1) is 0 Å². The van der Waals surface area contributed by atoms with Crippen molar-refractivity contribution in [2.75, 3.05) is 20.1 Å². The maximum absolute atomic E-state index is 3.56. The fraction of sp³-hybridized carbons (Fsp3) is 0.625. The molecule has 0 fully saturated rings. The number of rotatable bonds is 8. The van der Waals surface area contributed by atoms with E-state index in [4.69, 9.17) is 0 Å². The van der Waals surface area contributed by atoms with Gasteiger partial charge in [-0.2, -0.15) is 0 Å². The number of nitrogens with one attached hydrogen (secondary N) is 1. The standard InChI is InChI=1S/C16H27BrN2/c1-5-16(11-18-10-13(2)3)19(4)12-14-6-8-15(17)9-7-14/h6-9,13,16,18H,5,10-12H2,1-4H3. The fourth-order valence-corrected chi connectivity index (χ4v) is 2.42. The molecule has 0 spiro atoms. The first-order valence-corrected chi connectivity index (χ1v) is 7.97. The molecule has 108 valence electrons. The van der Waals surface area contributed by atoms with Gasteiger partial charge in [-0.05, 0) is 43.6 Å². The summed E-state index contributed by atoms with van der Waals surface area (Å²) in [5.41, 5.74) is 1.37. The van der Waals surface area contributed by atoms with Crippen LogP contribution in [0.25, 0.3) is 0 Å². The Bertz CT molecular complexity index is 348. The molecular formula is C16H27BrN2. The summed E-state index contributed by atoms with van der Waals surface area (Å²) in [6.07, 6.45) is 1.18. The topological polar surface area (TPSA) is 15.3 Å². The molecule has 0 aliphatic rings. The van der Waals surface area contributed by atoms with Gasteiger partial charge in [-0.1, -0.05) is 48.8 Å². The largest absolute Gasteiger partial charge is 0.315 e. The van der Waals surface area contributed by atoms with Crippen molar-refractivity contribution in [2.45, 2.75) is 39.8 Å². The average molecular weight is 327 g/mol. The van der Waals surface area contributed by atoms with Gasteiger partial charge in [0, 0.05) is 23.6 Å². The Balaban J connectivity index is 2.44. The van der Waals surface area contributed by atoms with Gasteiger partial charge < -0.3 is 5.32 Å². The molecule has 0 heterocycles.